The van der Waals surface area contributed by atoms with Gasteiger partial charge in [-0.1, -0.05) is 13.8 Å². The van der Waals surface area contributed by atoms with Crippen molar-refractivity contribution in [2.75, 3.05) is 18.0 Å². The van der Waals surface area contributed by atoms with Crippen molar-refractivity contribution in [1.29, 1.82) is 0 Å². The topological polar surface area (TPSA) is 60.1 Å². The number of piperidine rings is 1. The zero-order valence-electron chi connectivity index (χ0n) is 14.5. The molecule has 2 aromatic rings. The summed E-state index contributed by atoms with van der Waals surface area (Å²) in [6, 6.07) is 0. The van der Waals surface area contributed by atoms with Crippen LogP contribution in [0.15, 0.2) is 15.8 Å². The Balaban J connectivity index is 2.34. The molecule has 3 rings (SSSR count). The van der Waals surface area contributed by atoms with Gasteiger partial charge in [0.25, 0.3) is 5.56 Å². The van der Waals surface area contributed by atoms with E-state index in [0.717, 1.165) is 24.3 Å². The van der Waals surface area contributed by atoms with E-state index in [1.807, 2.05) is 6.92 Å². The summed E-state index contributed by atoms with van der Waals surface area (Å²) in [5.41, 5.74) is 1.77. The summed E-state index contributed by atoms with van der Waals surface area (Å²) in [4.78, 5) is 31.6. The van der Waals surface area contributed by atoms with Gasteiger partial charge in [-0.05, 0) is 30.7 Å². The van der Waals surface area contributed by atoms with Gasteiger partial charge in [0.2, 0.25) is 0 Å². The second-order valence-corrected chi connectivity index (χ2v) is 7.05. The third-order valence-electron chi connectivity index (χ3n) is 4.81. The van der Waals surface area contributed by atoms with E-state index in [9.17, 15) is 9.59 Å². The van der Waals surface area contributed by atoms with Gasteiger partial charge in [-0.2, -0.15) is 0 Å². The number of pyridine rings is 1. The molecule has 6 nitrogen and oxygen atoms in total. The van der Waals surface area contributed by atoms with Crippen molar-refractivity contribution in [3.8, 4) is 0 Å². The van der Waals surface area contributed by atoms with Gasteiger partial charge in [0.1, 0.15) is 5.39 Å². The third-order valence-corrected chi connectivity index (χ3v) is 4.81. The predicted molar refractivity (Wildman–Crippen MR) is 92.1 cm³/mol. The van der Waals surface area contributed by atoms with Crippen molar-refractivity contribution < 1.29 is 0 Å². The van der Waals surface area contributed by atoms with Crippen molar-refractivity contribution in [2.45, 2.75) is 27.2 Å². The van der Waals surface area contributed by atoms with Crippen molar-refractivity contribution in [3.63, 3.8) is 0 Å². The lowest BCUT2D eigenvalue weighted by Crippen LogP contribution is -2.42. The zero-order chi connectivity index (χ0) is 16.9. The highest BCUT2D eigenvalue weighted by Gasteiger charge is 2.26. The van der Waals surface area contributed by atoms with E-state index in [-0.39, 0.29) is 11.2 Å². The minimum atomic E-state index is -0.342. The Morgan fingerprint density at radius 2 is 1.70 bits per heavy atom. The van der Waals surface area contributed by atoms with Crippen LogP contribution in [-0.2, 0) is 14.1 Å². The predicted octanol–water partition coefficient (Wildman–Crippen LogP) is 1.42. The van der Waals surface area contributed by atoms with Gasteiger partial charge in [0.15, 0.2) is 5.65 Å². The number of rotatable bonds is 1. The molecule has 0 aromatic carbocycles. The van der Waals surface area contributed by atoms with Crippen LogP contribution < -0.4 is 16.1 Å². The lowest BCUT2D eigenvalue weighted by Gasteiger charge is -2.37. The van der Waals surface area contributed by atoms with E-state index in [1.54, 1.807) is 13.2 Å². The van der Waals surface area contributed by atoms with Gasteiger partial charge in [-0.25, -0.2) is 9.78 Å². The summed E-state index contributed by atoms with van der Waals surface area (Å²) in [6.07, 6.45) is 2.97. The van der Waals surface area contributed by atoms with E-state index in [4.69, 9.17) is 0 Å². The molecule has 0 radical (unpaired) electrons. The third kappa shape index (κ3) is 2.46. The maximum atomic E-state index is 12.8. The van der Waals surface area contributed by atoms with Crippen molar-refractivity contribution >= 4 is 16.7 Å². The van der Waals surface area contributed by atoms with Crippen LogP contribution >= 0.6 is 0 Å². The van der Waals surface area contributed by atoms with Crippen LogP contribution in [0.25, 0.3) is 11.0 Å². The average Bonchev–Trinajstić information content (AvgIpc) is 2.49. The molecule has 0 amide bonds. The quantitative estimate of drug-likeness (QED) is 0.798. The first kappa shape index (κ1) is 15.8. The van der Waals surface area contributed by atoms with Crippen LogP contribution in [0.3, 0.4) is 0 Å². The summed E-state index contributed by atoms with van der Waals surface area (Å²) in [5.74, 6) is 1.16. The number of aryl methyl sites for hydroxylation is 2. The van der Waals surface area contributed by atoms with E-state index in [1.165, 1.54) is 22.6 Å². The average molecular weight is 316 g/mol. The molecule has 2 aromatic heterocycles. The molecule has 1 fully saturated rings. The molecule has 2 unspecified atom stereocenters. The van der Waals surface area contributed by atoms with Crippen molar-refractivity contribution in [2.24, 2.45) is 25.9 Å². The van der Waals surface area contributed by atoms with Gasteiger partial charge >= 0.3 is 5.69 Å². The molecule has 1 saturated heterocycles. The first-order valence-corrected chi connectivity index (χ1v) is 8.11. The molecular formula is C17H24N4O2. The lowest BCUT2D eigenvalue weighted by atomic mass is 9.91. The Hall–Kier alpha value is -2.11. The molecule has 23 heavy (non-hydrogen) atoms. The standard InChI is InChI=1S/C17H24N4O2/c1-10-6-11(2)9-21(8-10)14-12(3)7-18-15-13(14)16(22)20(5)17(23)19(15)4/h7,10-11H,6,8-9H2,1-5H3. The highest BCUT2D eigenvalue weighted by molar-refractivity contribution is 5.90. The highest BCUT2D eigenvalue weighted by Crippen LogP contribution is 2.31. The smallest absolute Gasteiger partial charge is 0.332 e. The summed E-state index contributed by atoms with van der Waals surface area (Å²) in [5, 5.41) is 0.552. The first-order valence-electron chi connectivity index (χ1n) is 8.11. The number of hydrogen-bond acceptors (Lipinski definition) is 4. The zero-order valence-corrected chi connectivity index (χ0v) is 14.5. The van der Waals surface area contributed by atoms with Crippen LogP contribution in [0.5, 0.6) is 0 Å². The molecule has 124 valence electrons. The maximum Gasteiger partial charge on any atom is 0.332 e. The molecule has 0 aliphatic carbocycles. The number of hydrogen-bond donors (Lipinski definition) is 0. The van der Waals surface area contributed by atoms with E-state index < -0.39 is 0 Å². The summed E-state index contributed by atoms with van der Waals surface area (Å²) < 4.78 is 2.63. The first-order chi connectivity index (χ1) is 10.8. The molecule has 0 spiro atoms. The SMILES string of the molecule is Cc1cnc2c(c1N1CC(C)CC(C)C1)c(=O)n(C)c(=O)n2C. The van der Waals surface area contributed by atoms with Gasteiger partial charge in [0.05, 0.1) is 5.69 Å². The molecule has 6 heteroatoms. The largest absolute Gasteiger partial charge is 0.370 e. The normalized spacial score (nSPS) is 21.9. The minimum Gasteiger partial charge on any atom is -0.370 e. The Bertz CT molecular complexity index is 871. The van der Waals surface area contributed by atoms with Crippen LogP contribution in [0.1, 0.15) is 25.8 Å². The van der Waals surface area contributed by atoms with Crippen LogP contribution in [0.2, 0.25) is 0 Å². The summed E-state index contributed by atoms with van der Waals surface area (Å²) >= 11 is 0. The minimum absolute atomic E-state index is 0.264. The van der Waals surface area contributed by atoms with Gasteiger partial charge in [-0.15, -0.1) is 0 Å². The molecule has 2 atom stereocenters. The molecule has 1 aliphatic rings. The second kappa shape index (κ2) is 5.51. The van der Waals surface area contributed by atoms with Gasteiger partial charge < -0.3 is 4.90 Å². The number of anilines is 1. The second-order valence-electron chi connectivity index (χ2n) is 7.05. The van der Waals surface area contributed by atoms with E-state index >= 15 is 0 Å². The lowest BCUT2D eigenvalue weighted by molar-refractivity contribution is 0.357. The maximum absolute atomic E-state index is 12.8. The van der Waals surface area contributed by atoms with Crippen molar-refractivity contribution in [3.05, 3.63) is 32.6 Å². The molecule has 0 saturated carbocycles. The Kier molecular flexibility index (Phi) is 3.78. The number of fused-ring (bicyclic) bond motifs is 1. The summed E-state index contributed by atoms with van der Waals surface area (Å²) in [7, 11) is 3.19. The highest BCUT2D eigenvalue weighted by atomic mass is 16.2. The number of aromatic nitrogens is 3. The van der Waals surface area contributed by atoms with Crippen LogP contribution in [0, 0.1) is 18.8 Å². The van der Waals surface area contributed by atoms with Gasteiger partial charge in [0, 0.05) is 33.4 Å². The van der Waals surface area contributed by atoms with Crippen LogP contribution in [-0.4, -0.2) is 27.2 Å². The monoisotopic (exact) mass is 316 g/mol. The summed E-state index contributed by atoms with van der Waals surface area (Å²) in [6.45, 7) is 8.33. The molecule has 3 heterocycles. The van der Waals surface area contributed by atoms with Gasteiger partial charge in [-0.3, -0.25) is 13.9 Å². The molecule has 1 aliphatic heterocycles. The van der Waals surface area contributed by atoms with Crippen molar-refractivity contribution in [1.82, 2.24) is 14.1 Å². The van der Waals surface area contributed by atoms with E-state index in [0.29, 0.717) is 22.9 Å². The van der Waals surface area contributed by atoms with Crippen LogP contribution in [0.4, 0.5) is 5.69 Å². The molecular weight excluding hydrogens is 292 g/mol. The Morgan fingerprint density at radius 1 is 1.09 bits per heavy atom. The van der Waals surface area contributed by atoms with E-state index in [2.05, 4.69) is 23.7 Å². The fraction of sp³-hybridized carbons (Fsp3) is 0.588. The Morgan fingerprint density at radius 3 is 2.30 bits per heavy atom. The number of nitrogens with zero attached hydrogens (tertiary/aromatic N) is 4. The molecule has 0 N–H and O–H groups in total. The Labute approximate surface area is 135 Å². The fourth-order valence-electron chi connectivity index (χ4n) is 3.86. The fourth-order valence-corrected chi connectivity index (χ4v) is 3.86. The molecule has 0 bridgehead atoms.